The minimum Gasteiger partial charge on any atom is -0.461 e. The highest BCUT2D eigenvalue weighted by Gasteiger charge is 2.38. The van der Waals surface area contributed by atoms with Crippen molar-refractivity contribution in [2.24, 2.45) is 22.7 Å². The van der Waals surface area contributed by atoms with Crippen molar-refractivity contribution < 1.29 is 17.7 Å². The van der Waals surface area contributed by atoms with Gasteiger partial charge in [-0.2, -0.15) is 13.5 Å². The van der Waals surface area contributed by atoms with Gasteiger partial charge in [0.2, 0.25) is 0 Å². The summed E-state index contributed by atoms with van der Waals surface area (Å²) in [6.07, 6.45) is 5.32. The summed E-state index contributed by atoms with van der Waals surface area (Å²) in [4.78, 5) is -0.139. The lowest BCUT2D eigenvalue weighted by molar-refractivity contribution is 0.323. The molecule has 2 aromatic carbocycles. The van der Waals surface area contributed by atoms with E-state index in [0.717, 1.165) is 5.56 Å². The number of hydrogen-bond donors (Lipinski definition) is 4. The van der Waals surface area contributed by atoms with Crippen molar-refractivity contribution in [3.8, 4) is 5.75 Å². The summed E-state index contributed by atoms with van der Waals surface area (Å²) in [5.41, 5.74) is 4.98. The Morgan fingerprint density at radius 3 is 2.64 bits per heavy atom. The van der Waals surface area contributed by atoms with Crippen LogP contribution >= 0.6 is 0 Å². The van der Waals surface area contributed by atoms with Crippen LogP contribution in [0.15, 0.2) is 76.4 Å². The molecule has 1 aliphatic heterocycles. The first-order chi connectivity index (χ1) is 13.4. The molecule has 2 aliphatic rings. The number of benzene rings is 2. The Labute approximate surface area is 161 Å². The second-order valence-corrected chi connectivity index (χ2v) is 7.87. The molecule has 0 radical (unpaired) electrons. The molecule has 144 valence electrons. The van der Waals surface area contributed by atoms with Crippen molar-refractivity contribution in [2.45, 2.75) is 10.8 Å². The van der Waals surface area contributed by atoms with Gasteiger partial charge in [0.05, 0.1) is 16.3 Å². The van der Waals surface area contributed by atoms with Crippen LogP contribution in [0.25, 0.3) is 0 Å². The fraction of sp³-hybridized carbons (Fsp3) is 0.105. The molecule has 4 rings (SSSR count). The van der Waals surface area contributed by atoms with E-state index in [1.165, 1.54) is 6.07 Å². The number of rotatable bonds is 3. The number of nitrogen functional groups attached to an aromatic ring is 1. The van der Waals surface area contributed by atoms with Gasteiger partial charge < -0.3 is 16.0 Å². The van der Waals surface area contributed by atoms with Crippen molar-refractivity contribution in [3.63, 3.8) is 0 Å². The zero-order chi connectivity index (χ0) is 19.9. The third-order valence-electron chi connectivity index (χ3n) is 4.88. The van der Waals surface area contributed by atoms with Gasteiger partial charge in [-0.1, -0.05) is 30.3 Å². The van der Waals surface area contributed by atoms with Gasteiger partial charge in [-0.15, -0.1) is 0 Å². The van der Waals surface area contributed by atoms with Crippen molar-refractivity contribution in [3.05, 3.63) is 77.6 Å². The number of allylic oxidation sites excluding steroid dienone is 3. The summed E-state index contributed by atoms with van der Waals surface area (Å²) in [6.45, 7) is 0. The van der Waals surface area contributed by atoms with Crippen LogP contribution in [0.1, 0.15) is 17.0 Å². The number of anilines is 1. The number of hydrogen-bond acceptors (Lipinski definition) is 7. The molecule has 9 heteroatoms. The first-order valence-corrected chi connectivity index (χ1v) is 9.89. The molecule has 2 atom stereocenters. The Morgan fingerprint density at radius 1 is 1.14 bits per heavy atom. The number of hydrazine groups is 1. The average molecular weight is 398 g/mol. The normalized spacial score (nSPS) is 22.1. The summed E-state index contributed by atoms with van der Waals surface area (Å²) >= 11 is 0. The van der Waals surface area contributed by atoms with Gasteiger partial charge in [0.25, 0.3) is 10.1 Å². The van der Waals surface area contributed by atoms with Gasteiger partial charge in [0.1, 0.15) is 11.5 Å². The highest BCUT2D eigenvalue weighted by Crippen LogP contribution is 2.49. The van der Waals surface area contributed by atoms with Crippen molar-refractivity contribution in [1.82, 2.24) is 0 Å². The second-order valence-electron chi connectivity index (χ2n) is 6.48. The molecule has 28 heavy (non-hydrogen) atoms. The molecule has 2 unspecified atom stereocenters. The van der Waals surface area contributed by atoms with E-state index in [4.69, 9.17) is 16.4 Å². The fourth-order valence-corrected chi connectivity index (χ4v) is 4.41. The number of ether oxygens (including phenoxy) is 1. The van der Waals surface area contributed by atoms with Gasteiger partial charge in [0.15, 0.2) is 0 Å². The van der Waals surface area contributed by atoms with Crippen LogP contribution in [0.5, 0.6) is 5.75 Å². The number of hydrazone groups is 1. The SMILES string of the molecule is N/N=C1/C=CC2C(=C1)Oc1cc(NN)ccc1C2c1ccccc1S(=O)(=O)O. The predicted octanol–water partition coefficient (Wildman–Crippen LogP) is 2.13. The third kappa shape index (κ3) is 3.05. The monoisotopic (exact) mass is 398 g/mol. The maximum absolute atomic E-state index is 12.0. The van der Waals surface area contributed by atoms with Crippen LogP contribution in [0, 0.1) is 5.92 Å². The minimum atomic E-state index is -4.41. The van der Waals surface area contributed by atoms with E-state index in [9.17, 15) is 13.0 Å². The van der Waals surface area contributed by atoms with Crippen LogP contribution in [0.3, 0.4) is 0 Å². The molecule has 0 spiro atoms. The Hall–Kier alpha value is -3.14. The smallest absolute Gasteiger partial charge is 0.294 e. The Morgan fingerprint density at radius 2 is 1.93 bits per heavy atom. The molecule has 0 aromatic heterocycles. The highest BCUT2D eigenvalue weighted by atomic mass is 32.2. The highest BCUT2D eigenvalue weighted by molar-refractivity contribution is 7.85. The molecule has 0 fully saturated rings. The van der Waals surface area contributed by atoms with Crippen molar-refractivity contribution in [2.75, 3.05) is 5.43 Å². The van der Waals surface area contributed by atoms with Gasteiger partial charge in [-0.05, 0) is 23.8 Å². The summed E-state index contributed by atoms with van der Waals surface area (Å²) in [6, 6.07) is 11.7. The van der Waals surface area contributed by atoms with Gasteiger partial charge >= 0.3 is 0 Å². The summed E-state index contributed by atoms with van der Waals surface area (Å²) in [5.74, 6) is 11.3. The number of nitrogens with one attached hydrogen (secondary N) is 1. The average Bonchev–Trinajstić information content (AvgIpc) is 2.70. The van der Waals surface area contributed by atoms with Gasteiger partial charge in [0, 0.05) is 29.5 Å². The first-order valence-electron chi connectivity index (χ1n) is 8.45. The Bertz CT molecular complexity index is 1140. The Kier molecular flexibility index (Phi) is 4.42. The molecule has 1 aliphatic carbocycles. The molecular weight excluding hydrogens is 380 g/mol. The molecule has 8 nitrogen and oxygen atoms in total. The van der Waals surface area contributed by atoms with Crippen molar-refractivity contribution in [1.29, 1.82) is 0 Å². The van der Waals surface area contributed by atoms with E-state index in [1.807, 2.05) is 12.1 Å². The molecule has 0 amide bonds. The zero-order valence-corrected chi connectivity index (χ0v) is 15.4. The van der Waals surface area contributed by atoms with Crippen LogP contribution in [0.4, 0.5) is 5.69 Å². The first kappa shape index (κ1) is 18.2. The topological polar surface area (TPSA) is 140 Å². The second kappa shape index (κ2) is 6.79. The zero-order valence-electron chi connectivity index (χ0n) is 14.6. The number of nitrogens with two attached hydrogens (primary N) is 2. The molecule has 2 aromatic rings. The maximum Gasteiger partial charge on any atom is 0.294 e. The maximum atomic E-state index is 12.0. The minimum absolute atomic E-state index is 0.139. The number of fused-ring (bicyclic) bond motifs is 2. The predicted molar refractivity (Wildman–Crippen MR) is 105 cm³/mol. The quantitative estimate of drug-likeness (QED) is 0.353. The summed E-state index contributed by atoms with van der Waals surface area (Å²) in [7, 11) is -4.41. The fourth-order valence-electron chi connectivity index (χ4n) is 3.66. The lowest BCUT2D eigenvalue weighted by atomic mass is 9.76. The van der Waals surface area contributed by atoms with E-state index in [1.54, 1.807) is 42.5 Å². The molecule has 0 saturated carbocycles. The Balaban J connectivity index is 1.97. The standard InChI is InChI=1S/C19H18N4O4S/c20-22-11-5-7-13-16(9-11)27-17-10-12(23-21)6-8-14(17)19(13)15-3-1-2-4-18(15)28(24,25)26/h1-10,13,19,23H,20-21H2,(H,24,25,26)/b22-11-. The van der Waals surface area contributed by atoms with Crippen LogP contribution in [0.2, 0.25) is 0 Å². The number of nitrogens with zero attached hydrogens (tertiary/aromatic N) is 1. The van der Waals surface area contributed by atoms with E-state index >= 15 is 0 Å². The van der Waals surface area contributed by atoms with Gasteiger partial charge in [-0.25, -0.2) is 0 Å². The summed E-state index contributed by atoms with van der Waals surface area (Å²) in [5, 5.41) is 3.69. The lowest BCUT2D eigenvalue weighted by Crippen LogP contribution is -2.28. The lowest BCUT2D eigenvalue weighted by Gasteiger charge is -2.36. The van der Waals surface area contributed by atoms with Crippen LogP contribution < -0.4 is 21.8 Å². The van der Waals surface area contributed by atoms with Crippen molar-refractivity contribution >= 4 is 21.5 Å². The van der Waals surface area contributed by atoms with E-state index < -0.39 is 16.0 Å². The van der Waals surface area contributed by atoms with E-state index in [-0.39, 0.29) is 10.8 Å². The molecule has 0 bridgehead atoms. The van der Waals surface area contributed by atoms with Gasteiger partial charge in [-0.3, -0.25) is 10.4 Å². The third-order valence-corrected chi connectivity index (χ3v) is 5.80. The van der Waals surface area contributed by atoms with Crippen LogP contribution in [-0.2, 0) is 10.1 Å². The van der Waals surface area contributed by atoms with Crippen LogP contribution in [-0.4, -0.2) is 18.7 Å². The largest absolute Gasteiger partial charge is 0.461 e. The summed E-state index contributed by atoms with van der Waals surface area (Å²) < 4.78 is 39.8. The van der Waals surface area contributed by atoms with E-state index in [0.29, 0.717) is 28.5 Å². The molecule has 0 saturated heterocycles. The van der Waals surface area contributed by atoms with E-state index in [2.05, 4.69) is 10.5 Å². The molecular formula is C19H18N4O4S. The molecule has 1 heterocycles. The molecule has 6 N–H and O–H groups in total.